The second kappa shape index (κ2) is 4.38. The van der Waals surface area contributed by atoms with Crippen LogP contribution in [0.25, 0.3) is 17.0 Å². The summed E-state index contributed by atoms with van der Waals surface area (Å²) in [6.07, 6.45) is 3.55. The Kier molecular flexibility index (Phi) is 2.79. The van der Waals surface area contributed by atoms with Gasteiger partial charge in [0, 0.05) is 31.2 Å². The molecule has 1 fully saturated rings. The number of hydrogen-bond acceptors (Lipinski definition) is 2. The molecule has 0 spiro atoms. The number of benzene rings is 1. The Morgan fingerprint density at radius 2 is 2.00 bits per heavy atom. The molecule has 1 saturated heterocycles. The number of amides is 3. The van der Waals surface area contributed by atoms with Crippen LogP contribution in [0.3, 0.4) is 0 Å². The van der Waals surface area contributed by atoms with Crippen LogP contribution in [0.2, 0.25) is 5.02 Å². The summed E-state index contributed by atoms with van der Waals surface area (Å²) in [7, 11) is 3.33. The summed E-state index contributed by atoms with van der Waals surface area (Å²) in [5, 5.41) is 4.13. The number of imide groups is 1. The number of nitrogens with one attached hydrogen (secondary N) is 1. The molecule has 0 radical (unpaired) electrons. The van der Waals surface area contributed by atoms with Crippen molar-refractivity contribution in [2.24, 2.45) is 7.05 Å². The van der Waals surface area contributed by atoms with Gasteiger partial charge in [0.25, 0.3) is 5.91 Å². The SMILES string of the molecule is CN1C(=O)N/C(=C/c2cn(C)c3c(Cl)cccc23)C1=O. The molecule has 102 valence electrons. The molecule has 6 heteroatoms. The van der Waals surface area contributed by atoms with Crippen LogP contribution in [0, 0.1) is 0 Å². The fourth-order valence-corrected chi connectivity index (χ4v) is 2.65. The number of hydrogen-bond donors (Lipinski definition) is 1. The molecule has 0 saturated carbocycles. The first-order valence-electron chi connectivity index (χ1n) is 6.03. The second-order valence-corrected chi connectivity index (χ2v) is 5.09. The normalized spacial score (nSPS) is 17.4. The number of likely N-dealkylation sites (N-methyl/N-ethyl adjacent to an activating group) is 1. The highest BCUT2D eigenvalue weighted by Crippen LogP contribution is 2.29. The molecule has 20 heavy (non-hydrogen) atoms. The van der Waals surface area contributed by atoms with E-state index in [-0.39, 0.29) is 11.6 Å². The first-order valence-corrected chi connectivity index (χ1v) is 6.41. The van der Waals surface area contributed by atoms with E-state index in [2.05, 4.69) is 5.32 Å². The molecule has 1 aliphatic heterocycles. The van der Waals surface area contributed by atoms with Gasteiger partial charge in [-0.3, -0.25) is 9.69 Å². The topological polar surface area (TPSA) is 54.3 Å². The van der Waals surface area contributed by atoms with Crippen molar-refractivity contribution in [3.63, 3.8) is 0 Å². The number of fused-ring (bicyclic) bond motifs is 1. The van der Waals surface area contributed by atoms with E-state index in [1.54, 1.807) is 6.08 Å². The third kappa shape index (κ3) is 1.78. The maximum absolute atomic E-state index is 11.9. The fraction of sp³-hybridized carbons (Fsp3) is 0.143. The molecule has 1 aromatic carbocycles. The predicted octanol–water partition coefficient (Wildman–Crippen LogP) is 2.35. The van der Waals surface area contributed by atoms with Gasteiger partial charge in [0.1, 0.15) is 5.70 Å². The second-order valence-electron chi connectivity index (χ2n) is 4.68. The predicted molar refractivity (Wildman–Crippen MR) is 77.2 cm³/mol. The van der Waals surface area contributed by atoms with E-state index >= 15 is 0 Å². The number of urea groups is 1. The van der Waals surface area contributed by atoms with E-state index in [9.17, 15) is 9.59 Å². The van der Waals surface area contributed by atoms with Crippen LogP contribution >= 0.6 is 11.6 Å². The minimum atomic E-state index is -0.417. The third-order valence-corrected chi connectivity index (χ3v) is 3.67. The number of carbonyl (C=O) groups is 2. The van der Waals surface area contributed by atoms with Crippen molar-refractivity contribution < 1.29 is 9.59 Å². The number of rotatable bonds is 1. The van der Waals surface area contributed by atoms with Crippen molar-refractivity contribution in [3.8, 4) is 0 Å². The zero-order valence-electron chi connectivity index (χ0n) is 11.0. The Bertz CT molecular complexity index is 776. The summed E-state index contributed by atoms with van der Waals surface area (Å²) in [5.74, 6) is -0.339. The minimum Gasteiger partial charge on any atom is -0.349 e. The number of carbonyl (C=O) groups excluding carboxylic acids is 2. The molecule has 1 aromatic heterocycles. The van der Waals surface area contributed by atoms with Gasteiger partial charge in [0.05, 0.1) is 10.5 Å². The van der Waals surface area contributed by atoms with Gasteiger partial charge in [-0.2, -0.15) is 0 Å². The number of para-hydroxylation sites is 1. The lowest BCUT2D eigenvalue weighted by molar-refractivity contribution is -0.121. The van der Waals surface area contributed by atoms with Crippen molar-refractivity contribution in [2.45, 2.75) is 0 Å². The third-order valence-electron chi connectivity index (χ3n) is 3.36. The highest BCUT2D eigenvalue weighted by Gasteiger charge is 2.30. The Hall–Kier alpha value is -2.27. The van der Waals surface area contributed by atoms with Gasteiger partial charge < -0.3 is 9.88 Å². The zero-order valence-corrected chi connectivity index (χ0v) is 11.7. The molecule has 0 bridgehead atoms. The Morgan fingerprint density at radius 1 is 1.25 bits per heavy atom. The van der Waals surface area contributed by atoms with E-state index in [0.717, 1.165) is 21.4 Å². The van der Waals surface area contributed by atoms with Crippen LogP contribution < -0.4 is 5.32 Å². The average Bonchev–Trinajstić information content (AvgIpc) is 2.85. The highest BCUT2D eigenvalue weighted by atomic mass is 35.5. The van der Waals surface area contributed by atoms with E-state index in [0.29, 0.717) is 5.02 Å². The molecule has 2 heterocycles. The van der Waals surface area contributed by atoms with Crippen LogP contribution in [0.1, 0.15) is 5.56 Å². The summed E-state index contributed by atoms with van der Waals surface area (Å²) >= 11 is 6.18. The molecule has 1 N–H and O–H groups in total. The first kappa shape index (κ1) is 12.7. The molecule has 1 aliphatic rings. The summed E-state index contributed by atoms with van der Waals surface area (Å²) in [6, 6.07) is 5.18. The van der Waals surface area contributed by atoms with Crippen molar-refractivity contribution in [2.75, 3.05) is 7.05 Å². The Labute approximate surface area is 120 Å². The largest absolute Gasteiger partial charge is 0.349 e. The maximum Gasteiger partial charge on any atom is 0.328 e. The summed E-state index contributed by atoms with van der Waals surface area (Å²) in [4.78, 5) is 24.4. The number of aromatic nitrogens is 1. The lowest BCUT2D eigenvalue weighted by Crippen LogP contribution is -2.25. The first-order chi connectivity index (χ1) is 9.49. The molecule has 2 aromatic rings. The number of aryl methyl sites for hydroxylation is 1. The van der Waals surface area contributed by atoms with E-state index in [1.165, 1.54) is 7.05 Å². The van der Waals surface area contributed by atoms with Crippen LogP contribution in [0.5, 0.6) is 0 Å². The van der Waals surface area contributed by atoms with Gasteiger partial charge in [0.15, 0.2) is 0 Å². The zero-order chi connectivity index (χ0) is 14.4. The standard InChI is InChI=1S/C14H12ClN3O2/c1-17-7-8(9-4-3-5-10(15)12(9)17)6-11-13(19)18(2)14(20)16-11/h3-7H,1-2H3,(H,16,20)/b11-6+. The lowest BCUT2D eigenvalue weighted by atomic mass is 10.1. The molecule has 0 aliphatic carbocycles. The fourth-order valence-electron chi connectivity index (χ4n) is 2.34. The van der Waals surface area contributed by atoms with Crippen molar-refractivity contribution in [1.82, 2.24) is 14.8 Å². The smallest absolute Gasteiger partial charge is 0.328 e. The molecule has 0 unspecified atom stereocenters. The summed E-state index contributed by atoms with van der Waals surface area (Å²) in [5.41, 5.74) is 2.00. The van der Waals surface area contributed by atoms with E-state index < -0.39 is 6.03 Å². The number of halogens is 1. The van der Waals surface area contributed by atoms with Crippen LogP contribution in [0.15, 0.2) is 30.1 Å². The van der Waals surface area contributed by atoms with Gasteiger partial charge in [-0.1, -0.05) is 23.7 Å². The minimum absolute atomic E-state index is 0.268. The van der Waals surface area contributed by atoms with E-state index in [1.807, 2.05) is 36.0 Å². The van der Waals surface area contributed by atoms with E-state index in [4.69, 9.17) is 11.6 Å². The van der Waals surface area contributed by atoms with Gasteiger partial charge in [-0.25, -0.2) is 4.79 Å². The highest BCUT2D eigenvalue weighted by molar-refractivity contribution is 6.35. The lowest BCUT2D eigenvalue weighted by Gasteiger charge is -1.99. The van der Waals surface area contributed by atoms with Crippen molar-refractivity contribution >= 4 is 40.5 Å². The molecular weight excluding hydrogens is 278 g/mol. The van der Waals surface area contributed by atoms with Gasteiger partial charge >= 0.3 is 6.03 Å². The average molecular weight is 290 g/mol. The van der Waals surface area contributed by atoms with Crippen molar-refractivity contribution in [1.29, 1.82) is 0 Å². The van der Waals surface area contributed by atoms with Crippen LogP contribution in [-0.4, -0.2) is 28.5 Å². The maximum atomic E-state index is 11.9. The Balaban J connectivity index is 2.15. The monoisotopic (exact) mass is 289 g/mol. The van der Waals surface area contributed by atoms with Crippen molar-refractivity contribution in [3.05, 3.63) is 40.7 Å². The molecular formula is C14H12ClN3O2. The molecule has 5 nitrogen and oxygen atoms in total. The van der Waals surface area contributed by atoms with Gasteiger partial charge in [-0.15, -0.1) is 0 Å². The summed E-state index contributed by atoms with van der Waals surface area (Å²) < 4.78 is 1.90. The quantitative estimate of drug-likeness (QED) is 0.647. The summed E-state index contributed by atoms with van der Waals surface area (Å²) in [6.45, 7) is 0. The Morgan fingerprint density at radius 3 is 2.65 bits per heavy atom. The van der Waals surface area contributed by atoms with Crippen LogP contribution in [0.4, 0.5) is 4.79 Å². The van der Waals surface area contributed by atoms with Gasteiger partial charge in [-0.05, 0) is 12.1 Å². The molecule has 3 amide bonds. The van der Waals surface area contributed by atoms with Crippen LogP contribution in [-0.2, 0) is 11.8 Å². The molecule has 0 atom stereocenters. The van der Waals surface area contributed by atoms with Gasteiger partial charge in [0.2, 0.25) is 0 Å². The molecule has 3 rings (SSSR count). The number of nitrogens with zero attached hydrogens (tertiary/aromatic N) is 2.